The van der Waals surface area contributed by atoms with Gasteiger partial charge in [0.05, 0.1) is 5.02 Å². The van der Waals surface area contributed by atoms with Gasteiger partial charge in [-0.05, 0) is 12.1 Å². The van der Waals surface area contributed by atoms with Crippen molar-refractivity contribution in [2.75, 3.05) is 0 Å². The maximum absolute atomic E-state index is 13.2. The van der Waals surface area contributed by atoms with Gasteiger partial charge in [0.15, 0.2) is 5.78 Å². The summed E-state index contributed by atoms with van der Waals surface area (Å²) in [4.78, 5) is 11.9. The maximum atomic E-state index is 13.2. The molecule has 0 amide bonds. The number of carbonyl (C=O) groups excluding carboxylic acids is 1. The Morgan fingerprint density at radius 1 is 1.27 bits per heavy atom. The molecule has 0 aromatic heterocycles. The summed E-state index contributed by atoms with van der Waals surface area (Å²) < 4.78 is 13.2. The Bertz CT molecular complexity index is 408. The lowest BCUT2D eigenvalue weighted by atomic mass is 9.86. The van der Waals surface area contributed by atoms with Gasteiger partial charge in [0.1, 0.15) is 5.82 Å². The molecule has 0 radical (unpaired) electrons. The summed E-state index contributed by atoms with van der Waals surface area (Å²) in [6.45, 7) is 5.22. The van der Waals surface area contributed by atoms with Crippen LogP contribution in [0.4, 0.5) is 4.39 Å². The normalized spacial score (nSPS) is 11.6. The Labute approximate surface area is 98.2 Å². The molecule has 0 aliphatic heterocycles. The van der Waals surface area contributed by atoms with Gasteiger partial charge in [0.2, 0.25) is 0 Å². The van der Waals surface area contributed by atoms with E-state index < -0.39 is 11.2 Å². The van der Waals surface area contributed by atoms with Crippen LogP contribution in [0.25, 0.3) is 0 Å². The quantitative estimate of drug-likeness (QED) is 0.533. The van der Waals surface area contributed by atoms with Crippen molar-refractivity contribution < 1.29 is 9.18 Å². The minimum Gasteiger partial charge on any atom is -0.294 e. The Hall–Kier alpha value is -0.600. The number of benzene rings is 1. The highest BCUT2D eigenvalue weighted by Crippen LogP contribution is 2.30. The van der Waals surface area contributed by atoms with E-state index in [2.05, 4.69) is 0 Å². The van der Waals surface area contributed by atoms with Crippen LogP contribution >= 0.6 is 23.2 Å². The molecule has 0 atom stereocenters. The zero-order valence-corrected chi connectivity index (χ0v) is 10.2. The summed E-state index contributed by atoms with van der Waals surface area (Å²) in [7, 11) is 0. The summed E-state index contributed by atoms with van der Waals surface area (Å²) in [5.41, 5.74) is -0.477. The molecular weight excluding hydrogens is 238 g/mol. The third-order valence-electron chi connectivity index (χ3n) is 1.92. The molecule has 0 fully saturated rings. The molecule has 0 aliphatic rings. The van der Waals surface area contributed by atoms with E-state index in [9.17, 15) is 9.18 Å². The minimum absolute atomic E-state index is 0.133. The molecule has 0 N–H and O–H groups in total. The fourth-order valence-electron chi connectivity index (χ4n) is 1.13. The number of rotatable bonds is 1. The second kappa shape index (κ2) is 4.11. The van der Waals surface area contributed by atoms with Crippen molar-refractivity contribution in [3.63, 3.8) is 0 Å². The molecule has 0 aliphatic carbocycles. The molecular formula is C11H11Cl2FO. The van der Waals surface area contributed by atoms with E-state index in [1.807, 2.05) is 0 Å². The molecule has 0 spiro atoms. The number of carbonyl (C=O) groups is 1. The van der Waals surface area contributed by atoms with Gasteiger partial charge < -0.3 is 0 Å². The van der Waals surface area contributed by atoms with E-state index in [4.69, 9.17) is 23.2 Å². The van der Waals surface area contributed by atoms with Gasteiger partial charge in [-0.2, -0.15) is 0 Å². The monoisotopic (exact) mass is 248 g/mol. The Kier molecular flexibility index (Phi) is 3.41. The van der Waals surface area contributed by atoms with Crippen molar-refractivity contribution in [3.05, 3.63) is 33.6 Å². The van der Waals surface area contributed by atoms with Gasteiger partial charge in [-0.3, -0.25) is 4.79 Å². The number of hydrogen-bond acceptors (Lipinski definition) is 1. The van der Waals surface area contributed by atoms with Gasteiger partial charge >= 0.3 is 0 Å². The van der Waals surface area contributed by atoms with Crippen molar-refractivity contribution in [2.45, 2.75) is 20.8 Å². The minimum atomic E-state index is -0.670. The van der Waals surface area contributed by atoms with Gasteiger partial charge in [-0.15, -0.1) is 0 Å². The first-order valence-corrected chi connectivity index (χ1v) is 5.18. The third kappa shape index (κ3) is 2.70. The van der Waals surface area contributed by atoms with Crippen LogP contribution in [-0.2, 0) is 0 Å². The van der Waals surface area contributed by atoms with E-state index in [0.29, 0.717) is 0 Å². The summed E-state index contributed by atoms with van der Waals surface area (Å²) in [5.74, 6) is -0.898. The fourth-order valence-corrected chi connectivity index (χ4v) is 1.53. The summed E-state index contributed by atoms with van der Waals surface area (Å²) in [6, 6.07) is 2.48. The Morgan fingerprint density at radius 3 is 2.27 bits per heavy atom. The van der Waals surface area contributed by atoms with Crippen LogP contribution in [0.3, 0.4) is 0 Å². The van der Waals surface area contributed by atoms with Gasteiger partial charge in [-0.1, -0.05) is 44.0 Å². The first-order valence-electron chi connectivity index (χ1n) is 4.43. The summed E-state index contributed by atoms with van der Waals surface area (Å²) in [5, 5.41) is 0.00354. The molecule has 15 heavy (non-hydrogen) atoms. The Balaban J connectivity index is 3.32. The predicted molar refractivity (Wildman–Crippen MR) is 60.2 cm³/mol. The molecule has 1 aromatic rings. The third-order valence-corrected chi connectivity index (χ3v) is 2.52. The molecule has 82 valence electrons. The lowest BCUT2D eigenvalue weighted by Crippen LogP contribution is -2.20. The highest BCUT2D eigenvalue weighted by molar-refractivity contribution is 6.36. The van der Waals surface area contributed by atoms with Crippen LogP contribution in [0.1, 0.15) is 31.1 Å². The molecule has 0 saturated carbocycles. The zero-order valence-electron chi connectivity index (χ0n) is 8.70. The lowest BCUT2D eigenvalue weighted by molar-refractivity contribution is 0.0858. The largest absolute Gasteiger partial charge is 0.294 e. The first kappa shape index (κ1) is 12.5. The highest BCUT2D eigenvalue weighted by Gasteiger charge is 2.26. The molecule has 0 heterocycles. The molecule has 1 aromatic carbocycles. The van der Waals surface area contributed by atoms with Crippen molar-refractivity contribution in [1.29, 1.82) is 0 Å². The number of ketones is 1. The molecule has 0 saturated heterocycles. The highest BCUT2D eigenvalue weighted by atomic mass is 35.5. The zero-order chi connectivity index (χ0) is 11.8. The predicted octanol–water partition coefficient (Wildman–Crippen LogP) is 4.36. The lowest BCUT2D eigenvalue weighted by Gasteiger charge is -2.17. The topological polar surface area (TPSA) is 17.1 Å². The molecule has 0 unspecified atom stereocenters. The van der Waals surface area contributed by atoms with E-state index >= 15 is 0 Å². The SMILES string of the molecule is CC(C)(C)C(=O)c1cc(Cl)cc(F)c1Cl. The van der Waals surface area contributed by atoms with E-state index in [0.717, 1.165) is 6.07 Å². The van der Waals surface area contributed by atoms with Crippen LogP contribution in [0, 0.1) is 11.2 Å². The van der Waals surface area contributed by atoms with Crippen molar-refractivity contribution in [2.24, 2.45) is 5.41 Å². The van der Waals surface area contributed by atoms with E-state index in [1.165, 1.54) is 6.07 Å². The van der Waals surface area contributed by atoms with Crippen LogP contribution in [0.15, 0.2) is 12.1 Å². The number of Topliss-reactive ketones (excluding diaryl/α,β-unsaturated/α-hetero) is 1. The summed E-state index contributed by atoms with van der Waals surface area (Å²) in [6.07, 6.45) is 0. The van der Waals surface area contributed by atoms with E-state index in [1.54, 1.807) is 20.8 Å². The average Bonchev–Trinajstić information content (AvgIpc) is 2.08. The van der Waals surface area contributed by atoms with Gasteiger partial charge in [-0.25, -0.2) is 4.39 Å². The first-order chi connectivity index (χ1) is 6.73. The smallest absolute Gasteiger partial charge is 0.169 e. The van der Waals surface area contributed by atoms with Crippen LogP contribution in [-0.4, -0.2) is 5.78 Å². The molecule has 4 heteroatoms. The second-order valence-corrected chi connectivity index (χ2v) is 5.14. The van der Waals surface area contributed by atoms with Crippen molar-refractivity contribution in [3.8, 4) is 0 Å². The molecule has 1 nitrogen and oxygen atoms in total. The maximum Gasteiger partial charge on any atom is 0.169 e. The second-order valence-electron chi connectivity index (χ2n) is 4.33. The fraction of sp³-hybridized carbons (Fsp3) is 0.364. The Morgan fingerprint density at radius 2 is 1.80 bits per heavy atom. The molecule has 1 rings (SSSR count). The van der Waals surface area contributed by atoms with Crippen LogP contribution in [0.2, 0.25) is 10.0 Å². The van der Waals surface area contributed by atoms with Gasteiger partial charge in [0.25, 0.3) is 0 Å². The average molecular weight is 249 g/mol. The summed E-state index contributed by atoms with van der Waals surface area (Å²) >= 11 is 11.4. The van der Waals surface area contributed by atoms with Crippen LogP contribution < -0.4 is 0 Å². The van der Waals surface area contributed by atoms with E-state index in [-0.39, 0.29) is 21.4 Å². The van der Waals surface area contributed by atoms with Crippen molar-refractivity contribution in [1.82, 2.24) is 0 Å². The molecule has 0 bridgehead atoms. The van der Waals surface area contributed by atoms with Crippen molar-refractivity contribution >= 4 is 29.0 Å². The van der Waals surface area contributed by atoms with Crippen LogP contribution in [0.5, 0.6) is 0 Å². The van der Waals surface area contributed by atoms with Gasteiger partial charge in [0, 0.05) is 16.0 Å². The standard InChI is InChI=1S/C11H11Cl2FO/c1-11(2,3)10(15)7-4-6(12)5-8(14)9(7)13/h4-5H,1-3H3. The number of hydrogen-bond donors (Lipinski definition) is 0. The number of halogens is 3.